The summed E-state index contributed by atoms with van der Waals surface area (Å²) in [6, 6.07) is -0.995. The van der Waals surface area contributed by atoms with E-state index in [0.29, 0.717) is 12.8 Å². The second-order valence-corrected chi connectivity index (χ2v) is 25.3. The lowest BCUT2D eigenvalue weighted by Gasteiger charge is -2.48. The Hall–Kier alpha value is -2.77. The van der Waals surface area contributed by atoms with Gasteiger partial charge in [0.25, 0.3) is 0 Å². The van der Waals surface area contributed by atoms with Crippen molar-refractivity contribution in [3.63, 3.8) is 0 Å². The molecule has 0 aromatic rings. The van der Waals surface area contributed by atoms with Crippen molar-refractivity contribution in [1.82, 2.24) is 5.32 Å². The van der Waals surface area contributed by atoms with Gasteiger partial charge < -0.3 is 89.9 Å². The third kappa shape index (κ3) is 35.2. The molecule has 3 fully saturated rings. The summed E-state index contributed by atoms with van der Waals surface area (Å²) in [6.07, 6.45) is 40.2. The molecular weight excluding hydrogens is 1170 g/mol. The Balaban J connectivity index is 1.44. The molecule has 0 bridgehead atoms. The highest BCUT2D eigenvalue weighted by Gasteiger charge is 2.53. The van der Waals surface area contributed by atoms with Crippen molar-refractivity contribution in [1.29, 1.82) is 0 Å². The number of carbonyl (C=O) groups excluding carboxylic acids is 1. The van der Waals surface area contributed by atoms with Gasteiger partial charge in [0.2, 0.25) is 5.91 Å². The molecule has 0 saturated carbocycles. The van der Waals surface area contributed by atoms with Crippen LogP contribution in [0, 0.1) is 0 Å². The van der Waals surface area contributed by atoms with Crippen molar-refractivity contribution in [2.75, 3.05) is 26.4 Å². The standard InChI is InChI=1S/C72H127NO18/c1-3-5-7-9-11-13-15-17-19-21-23-25-26-27-28-30-32-34-36-38-40-42-44-46-48-50-60(78)73-55(56(77)49-47-45-43-41-39-37-35-33-31-29-24-22-20-18-16-14-12-10-8-6-4-2)54-86-70-66(84)63(81)68(58(52-75)88-70)91-72-67(85)64(82)69(59(53-76)89-72)90-71-65(83)62(80)61(79)57(51-74)87-71/h5,7,11,13,17,19,23,25,39,41,47,49,55-59,61-72,74-77,79-85H,3-4,6,8-10,12,14-16,18,20-22,24,26-38,40,42-46,48,50-54H2,1-2H3,(H,73,78)/b7-5-,13-11-,19-17-,25-23-,41-39+,49-47+. The highest BCUT2D eigenvalue weighted by atomic mass is 16.8. The van der Waals surface area contributed by atoms with E-state index in [9.17, 15) is 61.0 Å². The quantitative estimate of drug-likeness (QED) is 0.0199. The summed E-state index contributed by atoms with van der Waals surface area (Å²) in [4.78, 5) is 13.4. The van der Waals surface area contributed by atoms with Crippen LogP contribution in [0.15, 0.2) is 72.9 Å². The van der Waals surface area contributed by atoms with Crippen LogP contribution in [-0.4, -0.2) is 193 Å². The fourth-order valence-corrected chi connectivity index (χ4v) is 11.7. The number of aliphatic hydroxyl groups excluding tert-OH is 11. The molecule has 528 valence electrons. The van der Waals surface area contributed by atoms with Gasteiger partial charge in [-0.3, -0.25) is 4.79 Å². The first-order valence-corrected chi connectivity index (χ1v) is 35.7. The van der Waals surface area contributed by atoms with Gasteiger partial charge in [0.1, 0.15) is 73.2 Å². The first kappa shape index (κ1) is 82.5. The van der Waals surface area contributed by atoms with Crippen LogP contribution in [0.2, 0.25) is 0 Å². The Morgan fingerprint density at radius 2 is 0.769 bits per heavy atom. The molecule has 1 amide bonds. The summed E-state index contributed by atoms with van der Waals surface area (Å²) in [5, 5.41) is 121. The normalized spacial score (nSPS) is 28.3. The van der Waals surface area contributed by atoms with E-state index in [1.807, 2.05) is 6.08 Å². The monoisotopic (exact) mass is 1290 g/mol. The van der Waals surface area contributed by atoms with Crippen molar-refractivity contribution in [2.45, 2.75) is 349 Å². The molecule has 3 aliphatic rings. The van der Waals surface area contributed by atoms with Crippen LogP contribution in [0.5, 0.6) is 0 Å². The lowest BCUT2D eigenvalue weighted by atomic mass is 9.96. The van der Waals surface area contributed by atoms with Gasteiger partial charge in [-0.25, -0.2) is 0 Å². The van der Waals surface area contributed by atoms with Crippen LogP contribution in [0.3, 0.4) is 0 Å². The van der Waals surface area contributed by atoms with Crippen LogP contribution >= 0.6 is 0 Å². The number of nitrogens with one attached hydrogen (secondary N) is 1. The molecule has 19 nitrogen and oxygen atoms in total. The van der Waals surface area contributed by atoms with Gasteiger partial charge in [0.15, 0.2) is 18.9 Å². The highest BCUT2D eigenvalue weighted by molar-refractivity contribution is 5.76. The molecule has 12 N–H and O–H groups in total. The molecule has 19 heteroatoms. The minimum Gasteiger partial charge on any atom is -0.394 e. The Kier molecular flexibility index (Phi) is 48.4. The Labute approximate surface area is 547 Å². The lowest BCUT2D eigenvalue weighted by Crippen LogP contribution is -2.66. The topological polar surface area (TPSA) is 307 Å². The van der Waals surface area contributed by atoms with E-state index in [1.165, 1.54) is 135 Å². The third-order valence-electron chi connectivity index (χ3n) is 17.5. The fraction of sp³-hybridized carbons (Fsp3) is 0.819. The molecule has 0 aliphatic carbocycles. The minimum atomic E-state index is -1.98. The largest absolute Gasteiger partial charge is 0.394 e. The predicted octanol–water partition coefficient (Wildman–Crippen LogP) is 9.72. The zero-order valence-electron chi connectivity index (χ0n) is 55.8. The molecule has 17 atom stereocenters. The molecule has 17 unspecified atom stereocenters. The zero-order valence-corrected chi connectivity index (χ0v) is 55.8. The SMILES string of the molecule is CC/C=C\C/C=C\C/C=C\C/C=C\CCCCCCCCCCCCCCC(=O)NC(COC1OC(CO)C(OC2OC(CO)C(OC3OC(CO)C(O)C(O)C3O)C(O)C2O)C(O)C1O)C(O)/C=C/CC/C=C/CCCCCCCCCCCCCCCCC. The van der Waals surface area contributed by atoms with E-state index >= 15 is 0 Å². The number of rotatable bonds is 54. The number of ether oxygens (including phenoxy) is 6. The third-order valence-corrected chi connectivity index (χ3v) is 17.5. The first-order chi connectivity index (χ1) is 44.3. The van der Waals surface area contributed by atoms with Crippen molar-refractivity contribution in [2.24, 2.45) is 0 Å². The van der Waals surface area contributed by atoms with Crippen LogP contribution in [0.4, 0.5) is 0 Å². The molecule has 0 aromatic carbocycles. The van der Waals surface area contributed by atoms with Crippen LogP contribution < -0.4 is 5.32 Å². The number of carbonyl (C=O) groups is 1. The van der Waals surface area contributed by atoms with Crippen molar-refractivity contribution < 1.29 is 89.4 Å². The average Bonchev–Trinajstić information content (AvgIpc) is 0.883. The molecule has 0 radical (unpaired) electrons. The van der Waals surface area contributed by atoms with E-state index < -0.39 is 124 Å². The summed E-state index contributed by atoms with van der Waals surface area (Å²) in [7, 11) is 0. The summed E-state index contributed by atoms with van der Waals surface area (Å²) >= 11 is 0. The molecule has 0 spiro atoms. The van der Waals surface area contributed by atoms with Crippen molar-refractivity contribution in [3.05, 3.63) is 72.9 Å². The van der Waals surface area contributed by atoms with Crippen LogP contribution in [-0.2, 0) is 33.2 Å². The molecular formula is C72H127NO18. The molecule has 3 saturated heterocycles. The van der Waals surface area contributed by atoms with E-state index in [-0.39, 0.29) is 18.9 Å². The van der Waals surface area contributed by atoms with Crippen LogP contribution in [0.1, 0.15) is 245 Å². The number of allylic oxidation sites excluding steroid dienone is 11. The number of unbranched alkanes of at least 4 members (excludes halogenated alkanes) is 28. The van der Waals surface area contributed by atoms with Crippen molar-refractivity contribution >= 4 is 5.91 Å². The van der Waals surface area contributed by atoms with Gasteiger partial charge in [-0.2, -0.15) is 0 Å². The number of amides is 1. The molecule has 91 heavy (non-hydrogen) atoms. The van der Waals surface area contributed by atoms with Gasteiger partial charge in [-0.1, -0.05) is 241 Å². The Morgan fingerprint density at radius 1 is 0.407 bits per heavy atom. The number of hydrogen-bond donors (Lipinski definition) is 12. The first-order valence-electron chi connectivity index (χ1n) is 35.7. The number of aliphatic hydroxyl groups is 11. The van der Waals surface area contributed by atoms with Crippen LogP contribution in [0.25, 0.3) is 0 Å². The van der Waals surface area contributed by atoms with E-state index in [1.54, 1.807) is 6.08 Å². The van der Waals surface area contributed by atoms with E-state index in [2.05, 4.69) is 79.9 Å². The van der Waals surface area contributed by atoms with Gasteiger partial charge in [-0.05, 0) is 70.6 Å². The maximum Gasteiger partial charge on any atom is 0.220 e. The smallest absolute Gasteiger partial charge is 0.220 e. The Morgan fingerprint density at radius 3 is 1.23 bits per heavy atom. The lowest BCUT2D eigenvalue weighted by molar-refractivity contribution is -0.379. The molecule has 0 aromatic heterocycles. The summed E-state index contributed by atoms with van der Waals surface area (Å²) < 4.78 is 34.4. The molecule has 3 heterocycles. The van der Waals surface area contributed by atoms with E-state index in [0.717, 1.165) is 77.0 Å². The maximum absolute atomic E-state index is 13.4. The zero-order chi connectivity index (χ0) is 66.1. The van der Waals surface area contributed by atoms with Crippen molar-refractivity contribution in [3.8, 4) is 0 Å². The number of hydrogen-bond acceptors (Lipinski definition) is 18. The highest BCUT2D eigenvalue weighted by Crippen LogP contribution is 2.33. The summed E-state index contributed by atoms with van der Waals surface area (Å²) in [5.41, 5.74) is 0. The predicted molar refractivity (Wildman–Crippen MR) is 355 cm³/mol. The molecule has 3 aliphatic heterocycles. The second-order valence-electron chi connectivity index (χ2n) is 25.3. The van der Waals surface area contributed by atoms with Gasteiger partial charge >= 0.3 is 0 Å². The molecule has 3 rings (SSSR count). The minimum absolute atomic E-state index is 0.230. The van der Waals surface area contributed by atoms with Gasteiger partial charge in [0, 0.05) is 6.42 Å². The van der Waals surface area contributed by atoms with Gasteiger partial charge in [-0.15, -0.1) is 0 Å². The van der Waals surface area contributed by atoms with E-state index in [4.69, 9.17) is 28.4 Å². The fourth-order valence-electron chi connectivity index (χ4n) is 11.7. The second kappa shape index (κ2) is 53.4. The maximum atomic E-state index is 13.4. The summed E-state index contributed by atoms with van der Waals surface area (Å²) in [6.45, 7) is 1.61. The van der Waals surface area contributed by atoms with Gasteiger partial charge in [0.05, 0.1) is 38.6 Å². The average molecular weight is 1290 g/mol. The summed E-state index contributed by atoms with van der Waals surface area (Å²) in [5.74, 6) is -0.289. The Bertz CT molecular complexity index is 1930.